The summed E-state index contributed by atoms with van der Waals surface area (Å²) in [6.45, 7) is 3.96. The fraction of sp³-hybridized carbons (Fsp3) is 0.500. The Balaban J connectivity index is 1.85. The van der Waals surface area contributed by atoms with Gasteiger partial charge in [-0.2, -0.15) is 0 Å². The highest BCUT2D eigenvalue weighted by Crippen LogP contribution is 2.25. The van der Waals surface area contributed by atoms with E-state index in [0.29, 0.717) is 0 Å². The van der Waals surface area contributed by atoms with Crippen molar-refractivity contribution >= 4 is 10.8 Å². The maximum absolute atomic E-state index is 8.74. The Morgan fingerprint density at radius 1 is 0.739 bits per heavy atom. The standard InChI is InChI=1S/C20H28O3/c1-2-3-13-22-19-10-8-18-16-20(11-9-17(18)15-19)23-14-7-5-4-6-12-21/h8-11,15-16,21H,2-7,12-14H2,1H3. The van der Waals surface area contributed by atoms with Crippen LogP contribution in [0.15, 0.2) is 36.4 Å². The first-order chi connectivity index (χ1) is 11.3. The summed E-state index contributed by atoms with van der Waals surface area (Å²) in [6.07, 6.45) is 6.32. The average molecular weight is 316 g/mol. The van der Waals surface area contributed by atoms with Crippen LogP contribution in [0, 0.1) is 0 Å². The molecule has 3 heteroatoms. The van der Waals surface area contributed by atoms with Gasteiger partial charge in [-0.15, -0.1) is 0 Å². The predicted molar refractivity (Wildman–Crippen MR) is 95.4 cm³/mol. The number of aliphatic hydroxyl groups excluding tert-OH is 1. The molecule has 0 amide bonds. The summed E-state index contributed by atoms with van der Waals surface area (Å²) in [6, 6.07) is 12.4. The van der Waals surface area contributed by atoms with E-state index in [4.69, 9.17) is 14.6 Å². The number of benzene rings is 2. The van der Waals surface area contributed by atoms with E-state index >= 15 is 0 Å². The summed E-state index contributed by atoms with van der Waals surface area (Å²) in [5.41, 5.74) is 0. The molecule has 0 aliphatic heterocycles. The van der Waals surface area contributed by atoms with Crippen molar-refractivity contribution < 1.29 is 14.6 Å². The zero-order valence-electron chi connectivity index (χ0n) is 14.1. The summed E-state index contributed by atoms with van der Waals surface area (Å²) in [5, 5.41) is 11.1. The van der Waals surface area contributed by atoms with Crippen molar-refractivity contribution in [1.29, 1.82) is 0 Å². The number of hydrogen-bond acceptors (Lipinski definition) is 3. The third kappa shape index (κ3) is 6.11. The highest BCUT2D eigenvalue weighted by atomic mass is 16.5. The monoisotopic (exact) mass is 316 g/mol. The van der Waals surface area contributed by atoms with Crippen LogP contribution in [-0.2, 0) is 0 Å². The highest BCUT2D eigenvalue weighted by molar-refractivity contribution is 5.85. The Bertz CT molecular complexity index is 580. The zero-order valence-corrected chi connectivity index (χ0v) is 14.1. The molecule has 1 N–H and O–H groups in total. The fourth-order valence-corrected chi connectivity index (χ4v) is 2.47. The van der Waals surface area contributed by atoms with Crippen LogP contribution in [0.4, 0.5) is 0 Å². The third-order valence-electron chi connectivity index (χ3n) is 3.87. The van der Waals surface area contributed by atoms with Crippen molar-refractivity contribution in [3.63, 3.8) is 0 Å². The Kier molecular flexibility index (Phi) is 7.74. The molecule has 126 valence electrons. The van der Waals surface area contributed by atoms with Gasteiger partial charge in [0, 0.05) is 6.61 Å². The smallest absolute Gasteiger partial charge is 0.119 e. The van der Waals surface area contributed by atoms with Gasteiger partial charge in [-0.3, -0.25) is 0 Å². The molecule has 2 rings (SSSR count). The molecular formula is C20H28O3. The molecule has 0 radical (unpaired) electrons. The van der Waals surface area contributed by atoms with Gasteiger partial charge in [-0.1, -0.05) is 31.9 Å². The van der Waals surface area contributed by atoms with Crippen molar-refractivity contribution in [2.45, 2.75) is 45.4 Å². The van der Waals surface area contributed by atoms with Gasteiger partial charge in [0.15, 0.2) is 0 Å². The van der Waals surface area contributed by atoms with E-state index in [2.05, 4.69) is 31.2 Å². The van der Waals surface area contributed by atoms with Crippen LogP contribution in [0.2, 0.25) is 0 Å². The van der Waals surface area contributed by atoms with E-state index in [-0.39, 0.29) is 6.61 Å². The molecule has 0 aliphatic rings. The second-order valence-electron chi connectivity index (χ2n) is 5.86. The van der Waals surface area contributed by atoms with Gasteiger partial charge in [0.2, 0.25) is 0 Å². The molecule has 0 atom stereocenters. The van der Waals surface area contributed by atoms with Gasteiger partial charge in [0.25, 0.3) is 0 Å². The number of aliphatic hydroxyl groups is 1. The third-order valence-corrected chi connectivity index (χ3v) is 3.87. The Morgan fingerprint density at radius 3 is 1.87 bits per heavy atom. The molecular weight excluding hydrogens is 288 g/mol. The summed E-state index contributed by atoms with van der Waals surface area (Å²) in [5.74, 6) is 1.85. The maximum atomic E-state index is 8.74. The molecule has 0 fully saturated rings. The van der Waals surface area contributed by atoms with Crippen molar-refractivity contribution in [1.82, 2.24) is 0 Å². The second-order valence-corrected chi connectivity index (χ2v) is 5.86. The predicted octanol–water partition coefficient (Wildman–Crippen LogP) is 4.95. The Labute approximate surface area is 139 Å². The summed E-state index contributed by atoms with van der Waals surface area (Å²) < 4.78 is 11.6. The lowest BCUT2D eigenvalue weighted by Gasteiger charge is -2.09. The van der Waals surface area contributed by atoms with E-state index in [1.165, 1.54) is 10.8 Å². The van der Waals surface area contributed by atoms with E-state index in [0.717, 1.165) is 63.2 Å². The van der Waals surface area contributed by atoms with Crippen molar-refractivity contribution in [2.24, 2.45) is 0 Å². The van der Waals surface area contributed by atoms with Gasteiger partial charge < -0.3 is 14.6 Å². The van der Waals surface area contributed by atoms with Crippen LogP contribution in [0.1, 0.15) is 45.4 Å². The average Bonchev–Trinajstić information content (AvgIpc) is 2.58. The van der Waals surface area contributed by atoms with Crippen LogP contribution in [-0.4, -0.2) is 24.9 Å². The minimum Gasteiger partial charge on any atom is -0.494 e. The van der Waals surface area contributed by atoms with Crippen LogP contribution in [0.25, 0.3) is 10.8 Å². The normalized spacial score (nSPS) is 10.9. The number of ether oxygens (including phenoxy) is 2. The minimum atomic E-state index is 0.287. The molecule has 0 unspecified atom stereocenters. The fourth-order valence-electron chi connectivity index (χ4n) is 2.47. The molecule has 2 aromatic rings. The van der Waals surface area contributed by atoms with Crippen LogP contribution in [0.3, 0.4) is 0 Å². The Morgan fingerprint density at radius 2 is 1.30 bits per heavy atom. The molecule has 3 nitrogen and oxygen atoms in total. The lowest BCUT2D eigenvalue weighted by atomic mass is 10.1. The van der Waals surface area contributed by atoms with Gasteiger partial charge in [-0.05, 0) is 60.7 Å². The molecule has 0 saturated carbocycles. The largest absolute Gasteiger partial charge is 0.494 e. The highest BCUT2D eigenvalue weighted by Gasteiger charge is 2.01. The molecule has 23 heavy (non-hydrogen) atoms. The SMILES string of the molecule is CCCCOc1ccc2cc(OCCCCCCO)ccc2c1. The number of hydrogen-bond donors (Lipinski definition) is 1. The first kappa shape index (κ1) is 17.6. The van der Waals surface area contributed by atoms with E-state index in [1.54, 1.807) is 0 Å². The zero-order chi connectivity index (χ0) is 16.3. The lowest BCUT2D eigenvalue weighted by Crippen LogP contribution is -1.98. The second kappa shape index (κ2) is 10.1. The molecule has 0 saturated heterocycles. The van der Waals surface area contributed by atoms with Crippen molar-refractivity contribution in [3.8, 4) is 11.5 Å². The number of rotatable bonds is 11. The summed E-state index contributed by atoms with van der Waals surface area (Å²) in [4.78, 5) is 0. The summed E-state index contributed by atoms with van der Waals surface area (Å²) in [7, 11) is 0. The maximum Gasteiger partial charge on any atom is 0.119 e. The van der Waals surface area contributed by atoms with E-state index in [1.807, 2.05) is 12.1 Å². The van der Waals surface area contributed by atoms with Crippen LogP contribution in [0.5, 0.6) is 11.5 Å². The number of unbranched alkanes of at least 4 members (excludes halogenated alkanes) is 4. The molecule has 2 aromatic carbocycles. The van der Waals surface area contributed by atoms with Crippen LogP contribution >= 0.6 is 0 Å². The van der Waals surface area contributed by atoms with E-state index < -0.39 is 0 Å². The van der Waals surface area contributed by atoms with Crippen molar-refractivity contribution in [3.05, 3.63) is 36.4 Å². The Hall–Kier alpha value is -1.74. The topological polar surface area (TPSA) is 38.7 Å². The van der Waals surface area contributed by atoms with Crippen molar-refractivity contribution in [2.75, 3.05) is 19.8 Å². The van der Waals surface area contributed by atoms with Crippen LogP contribution < -0.4 is 9.47 Å². The van der Waals surface area contributed by atoms with Gasteiger partial charge in [-0.25, -0.2) is 0 Å². The molecule has 0 spiro atoms. The quantitative estimate of drug-likeness (QED) is 0.596. The van der Waals surface area contributed by atoms with Gasteiger partial charge in [0.05, 0.1) is 13.2 Å². The molecule has 0 bridgehead atoms. The van der Waals surface area contributed by atoms with Gasteiger partial charge >= 0.3 is 0 Å². The molecule has 0 aromatic heterocycles. The molecule has 0 aliphatic carbocycles. The first-order valence-electron chi connectivity index (χ1n) is 8.74. The van der Waals surface area contributed by atoms with Gasteiger partial charge in [0.1, 0.15) is 11.5 Å². The molecule has 0 heterocycles. The van der Waals surface area contributed by atoms with E-state index in [9.17, 15) is 0 Å². The number of fused-ring (bicyclic) bond motifs is 1. The minimum absolute atomic E-state index is 0.287. The summed E-state index contributed by atoms with van der Waals surface area (Å²) >= 11 is 0. The first-order valence-corrected chi connectivity index (χ1v) is 8.74. The lowest BCUT2D eigenvalue weighted by molar-refractivity contribution is 0.273.